The average Bonchev–Trinajstić information content (AvgIpc) is 3.68. The topological polar surface area (TPSA) is 126 Å². The van der Waals surface area contributed by atoms with E-state index in [2.05, 4.69) is 32.8 Å². The van der Waals surface area contributed by atoms with E-state index in [0.29, 0.717) is 17.3 Å². The number of nitrogens with two attached hydrogens (primary N) is 1. The molecule has 2 bridgehead atoms. The number of aromatic nitrogens is 3. The van der Waals surface area contributed by atoms with E-state index in [-0.39, 0.29) is 35.6 Å². The summed E-state index contributed by atoms with van der Waals surface area (Å²) in [4.78, 5) is 40.6. The number of likely N-dealkylation sites (tertiary alicyclic amines) is 1. The first kappa shape index (κ1) is 23.1. The van der Waals surface area contributed by atoms with Crippen LogP contribution in [0.4, 0.5) is 17.5 Å². The monoisotopic (exact) mass is 495 g/mol. The third-order valence-electron chi connectivity index (χ3n) is 7.61. The first-order valence-corrected chi connectivity index (χ1v) is 12.7. The van der Waals surface area contributed by atoms with Crippen LogP contribution in [0.5, 0.6) is 0 Å². The van der Waals surface area contributed by atoms with Gasteiger partial charge in [0.05, 0.1) is 5.92 Å². The summed E-state index contributed by atoms with van der Waals surface area (Å²) in [5, 5.41) is 6.78. The van der Waals surface area contributed by atoms with Crippen molar-refractivity contribution in [2.45, 2.75) is 25.3 Å². The number of amides is 2. The molecular weight excluding hydrogens is 466 g/mol. The molecule has 1 saturated heterocycles. The first-order chi connectivity index (χ1) is 18.1. The summed E-state index contributed by atoms with van der Waals surface area (Å²) in [7, 11) is 0. The number of fused-ring (bicyclic) bond motifs is 2. The van der Waals surface area contributed by atoms with E-state index in [1.165, 1.54) is 0 Å². The lowest BCUT2D eigenvalue weighted by atomic mass is 9.88. The van der Waals surface area contributed by atoms with Crippen LogP contribution in [0.2, 0.25) is 0 Å². The van der Waals surface area contributed by atoms with Crippen LogP contribution in [-0.2, 0) is 4.79 Å². The molecule has 37 heavy (non-hydrogen) atoms. The van der Waals surface area contributed by atoms with Gasteiger partial charge < -0.3 is 21.3 Å². The van der Waals surface area contributed by atoms with Gasteiger partial charge in [0.2, 0.25) is 11.9 Å². The number of benzene rings is 1. The Morgan fingerprint density at radius 3 is 2.65 bits per heavy atom. The number of carbonyl (C=O) groups is 2. The van der Waals surface area contributed by atoms with Crippen LogP contribution < -0.4 is 16.4 Å². The molecule has 2 aliphatic carbocycles. The smallest absolute Gasteiger partial charge is 0.253 e. The van der Waals surface area contributed by atoms with Crippen molar-refractivity contribution in [2.75, 3.05) is 23.7 Å². The number of hydrogen-bond acceptors (Lipinski definition) is 7. The Balaban J connectivity index is 1.30. The van der Waals surface area contributed by atoms with Crippen molar-refractivity contribution >= 4 is 29.3 Å². The minimum absolute atomic E-state index is 0.0400. The average molecular weight is 496 g/mol. The van der Waals surface area contributed by atoms with E-state index in [1.807, 2.05) is 41.3 Å². The van der Waals surface area contributed by atoms with Crippen LogP contribution in [0.25, 0.3) is 11.1 Å². The molecule has 1 aromatic carbocycles. The number of carbonyl (C=O) groups excluding carboxylic acids is 2. The second-order valence-electron chi connectivity index (χ2n) is 9.95. The normalized spacial score (nSPS) is 23.8. The van der Waals surface area contributed by atoms with Gasteiger partial charge in [-0.25, -0.2) is 4.98 Å². The Hall–Kier alpha value is -4.27. The Labute approximate surface area is 215 Å². The predicted molar refractivity (Wildman–Crippen MR) is 141 cm³/mol. The first-order valence-electron chi connectivity index (χ1n) is 12.7. The number of rotatable bonds is 7. The Morgan fingerprint density at radius 1 is 1.03 bits per heavy atom. The molecule has 4 atom stereocenters. The summed E-state index contributed by atoms with van der Waals surface area (Å²) < 4.78 is 0. The second-order valence-corrected chi connectivity index (χ2v) is 9.95. The molecule has 4 N–H and O–H groups in total. The number of anilines is 3. The summed E-state index contributed by atoms with van der Waals surface area (Å²) in [6.45, 7) is 1.60. The molecule has 3 aliphatic rings. The minimum atomic E-state index is -0.302. The molecule has 2 amide bonds. The maximum absolute atomic E-state index is 12.9. The lowest BCUT2D eigenvalue weighted by molar-refractivity contribution is -0.122. The highest BCUT2D eigenvalue weighted by Crippen LogP contribution is 2.45. The molecule has 0 unspecified atom stereocenters. The van der Waals surface area contributed by atoms with Gasteiger partial charge in [-0.2, -0.15) is 4.98 Å². The van der Waals surface area contributed by atoms with Crippen molar-refractivity contribution in [3.05, 3.63) is 72.7 Å². The molecule has 9 heteroatoms. The zero-order valence-electron chi connectivity index (χ0n) is 20.4. The van der Waals surface area contributed by atoms with Gasteiger partial charge in [-0.1, -0.05) is 24.3 Å². The SMILES string of the molecule is NC(=O)[C@@H]1[C@H](Nc2nc(Nc3cccc(C(=O)N4CCCC4)c3)ncc2-c2cccnc2)[C@H]2C=C[C@@H]1C2. The van der Waals surface area contributed by atoms with Crippen molar-refractivity contribution in [3.8, 4) is 11.1 Å². The van der Waals surface area contributed by atoms with Gasteiger partial charge in [0.25, 0.3) is 5.91 Å². The second kappa shape index (κ2) is 9.65. The van der Waals surface area contributed by atoms with Crippen LogP contribution in [0.3, 0.4) is 0 Å². The molecule has 2 fully saturated rings. The Bertz CT molecular complexity index is 1350. The highest BCUT2D eigenvalue weighted by Gasteiger charge is 2.47. The lowest BCUT2D eigenvalue weighted by Gasteiger charge is -2.28. The number of hydrogen-bond donors (Lipinski definition) is 3. The molecule has 3 aromatic rings. The zero-order valence-corrected chi connectivity index (χ0v) is 20.4. The van der Waals surface area contributed by atoms with E-state index in [0.717, 1.165) is 49.2 Å². The molecule has 2 aromatic heterocycles. The largest absolute Gasteiger partial charge is 0.369 e. The molecule has 188 valence electrons. The molecule has 0 radical (unpaired) electrons. The molecule has 1 aliphatic heterocycles. The number of allylic oxidation sites excluding steroid dienone is 1. The highest BCUT2D eigenvalue weighted by molar-refractivity contribution is 5.95. The van der Waals surface area contributed by atoms with E-state index < -0.39 is 0 Å². The maximum atomic E-state index is 12.9. The molecule has 3 heterocycles. The Kier molecular flexibility index (Phi) is 6.04. The molecule has 6 rings (SSSR count). The number of pyridine rings is 1. The Morgan fingerprint density at radius 2 is 1.86 bits per heavy atom. The lowest BCUT2D eigenvalue weighted by Crippen LogP contribution is -2.41. The summed E-state index contributed by atoms with van der Waals surface area (Å²) in [5.41, 5.74) is 8.80. The van der Waals surface area contributed by atoms with Crippen LogP contribution in [0.15, 0.2) is 67.1 Å². The summed E-state index contributed by atoms with van der Waals surface area (Å²) in [6.07, 6.45) is 12.5. The van der Waals surface area contributed by atoms with E-state index in [4.69, 9.17) is 10.7 Å². The van der Waals surface area contributed by atoms with Gasteiger partial charge in [-0.3, -0.25) is 14.6 Å². The van der Waals surface area contributed by atoms with Crippen LogP contribution in [0.1, 0.15) is 29.6 Å². The van der Waals surface area contributed by atoms with Crippen molar-refractivity contribution in [2.24, 2.45) is 23.5 Å². The highest BCUT2D eigenvalue weighted by atomic mass is 16.2. The maximum Gasteiger partial charge on any atom is 0.253 e. The standard InChI is InChI=1S/C28H29N7O2/c29-25(36)23-17-8-9-18(13-17)24(23)33-26-22(20-6-4-10-30-15-20)16-31-28(34-26)32-21-7-3-5-19(14-21)27(37)35-11-1-2-12-35/h3-10,14-18,23-24H,1-2,11-13H2,(H2,29,36)(H2,31,32,33,34)/t17-,18+,23+,24-/m1/s1. The van der Waals surface area contributed by atoms with E-state index >= 15 is 0 Å². The third kappa shape index (κ3) is 4.52. The van der Waals surface area contributed by atoms with Crippen molar-refractivity contribution in [1.29, 1.82) is 0 Å². The third-order valence-corrected chi connectivity index (χ3v) is 7.61. The molecular formula is C28H29N7O2. The predicted octanol–water partition coefficient (Wildman–Crippen LogP) is 3.61. The summed E-state index contributed by atoms with van der Waals surface area (Å²) in [6, 6.07) is 11.1. The number of primary amides is 1. The fourth-order valence-electron chi connectivity index (χ4n) is 5.81. The van der Waals surface area contributed by atoms with Gasteiger partial charge in [-0.15, -0.1) is 0 Å². The minimum Gasteiger partial charge on any atom is -0.369 e. The van der Waals surface area contributed by atoms with Crippen molar-refractivity contribution < 1.29 is 9.59 Å². The summed E-state index contributed by atoms with van der Waals surface area (Å²) >= 11 is 0. The number of nitrogens with one attached hydrogen (secondary N) is 2. The quantitative estimate of drug-likeness (QED) is 0.428. The van der Waals surface area contributed by atoms with Gasteiger partial charge >= 0.3 is 0 Å². The van der Waals surface area contributed by atoms with Crippen molar-refractivity contribution in [3.63, 3.8) is 0 Å². The zero-order chi connectivity index (χ0) is 25.4. The van der Waals surface area contributed by atoms with E-state index in [1.54, 1.807) is 18.6 Å². The van der Waals surface area contributed by atoms with Gasteiger partial charge in [0.1, 0.15) is 5.82 Å². The fourth-order valence-corrected chi connectivity index (χ4v) is 5.81. The van der Waals surface area contributed by atoms with Gasteiger partial charge in [0, 0.05) is 60.1 Å². The van der Waals surface area contributed by atoms with E-state index in [9.17, 15) is 9.59 Å². The molecule has 9 nitrogen and oxygen atoms in total. The van der Waals surface area contributed by atoms with Gasteiger partial charge in [-0.05, 0) is 55.4 Å². The van der Waals surface area contributed by atoms with Crippen LogP contribution in [0, 0.1) is 17.8 Å². The number of nitrogens with zero attached hydrogens (tertiary/aromatic N) is 4. The van der Waals surface area contributed by atoms with Gasteiger partial charge in [0.15, 0.2) is 0 Å². The van der Waals surface area contributed by atoms with Crippen molar-refractivity contribution in [1.82, 2.24) is 19.9 Å². The summed E-state index contributed by atoms with van der Waals surface area (Å²) in [5.74, 6) is 0.794. The van der Waals surface area contributed by atoms with Crippen LogP contribution >= 0.6 is 0 Å². The molecule has 0 spiro atoms. The molecule has 1 saturated carbocycles. The fraction of sp³-hybridized carbons (Fsp3) is 0.321. The van der Waals surface area contributed by atoms with Crippen LogP contribution in [-0.4, -0.2) is 50.8 Å².